The van der Waals surface area contributed by atoms with E-state index in [0.717, 1.165) is 0 Å². The quantitative estimate of drug-likeness (QED) is 0.841. The Kier molecular flexibility index (Phi) is 4.85. The highest BCUT2D eigenvalue weighted by atomic mass is 19.4. The Labute approximate surface area is 106 Å². The number of hydrogen-bond acceptors (Lipinski definition) is 3. The standard InChI is InChI=1S/C11H11F3N2O3/c12-11(13,14)10(19)16-6-8(9(17)18)5-7-1-3-15-4-2-7/h1-4,8H,5-6H2,(H,16,19)(H,17,18). The third-order valence-corrected chi connectivity index (χ3v) is 2.35. The van der Waals surface area contributed by atoms with E-state index < -0.39 is 30.5 Å². The number of carbonyl (C=O) groups is 2. The lowest BCUT2D eigenvalue weighted by Crippen LogP contribution is -2.41. The number of nitrogens with one attached hydrogen (secondary N) is 1. The molecule has 1 heterocycles. The highest BCUT2D eigenvalue weighted by Crippen LogP contribution is 2.15. The number of carboxylic acid groups (broad SMARTS) is 1. The minimum Gasteiger partial charge on any atom is -0.481 e. The molecular formula is C11H11F3N2O3. The van der Waals surface area contributed by atoms with Gasteiger partial charge in [0, 0.05) is 18.9 Å². The lowest BCUT2D eigenvalue weighted by molar-refractivity contribution is -0.174. The van der Waals surface area contributed by atoms with E-state index >= 15 is 0 Å². The highest BCUT2D eigenvalue weighted by molar-refractivity contribution is 5.82. The van der Waals surface area contributed by atoms with Crippen LogP contribution in [0.4, 0.5) is 13.2 Å². The normalized spacial score (nSPS) is 12.8. The second-order valence-corrected chi connectivity index (χ2v) is 3.80. The Morgan fingerprint density at radius 3 is 2.37 bits per heavy atom. The van der Waals surface area contributed by atoms with Crippen molar-refractivity contribution in [3.8, 4) is 0 Å². The van der Waals surface area contributed by atoms with Crippen molar-refractivity contribution in [2.75, 3.05) is 6.54 Å². The fourth-order valence-corrected chi connectivity index (χ4v) is 1.37. The maximum atomic E-state index is 12.0. The topological polar surface area (TPSA) is 79.3 Å². The molecule has 1 aromatic rings. The van der Waals surface area contributed by atoms with Crippen molar-refractivity contribution in [2.45, 2.75) is 12.6 Å². The van der Waals surface area contributed by atoms with E-state index in [2.05, 4.69) is 4.98 Å². The van der Waals surface area contributed by atoms with Gasteiger partial charge in [-0.2, -0.15) is 13.2 Å². The number of alkyl halides is 3. The van der Waals surface area contributed by atoms with E-state index in [1.807, 2.05) is 0 Å². The number of amides is 1. The van der Waals surface area contributed by atoms with Gasteiger partial charge < -0.3 is 10.4 Å². The largest absolute Gasteiger partial charge is 0.481 e. The van der Waals surface area contributed by atoms with Crippen LogP contribution in [0.1, 0.15) is 5.56 Å². The first-order valence-corrected chi connectivity index (χ1v) is 5.27. The number of carboxylic acids is 1. The van der Waals surface area contributed by atoms with Crippen LogP contribution >= 0.6 is 0 Å². The van der Waals surface area contributed by atoms with Gasteiger partial charge >= 0.3 is 18.1 Å². The van der Waals surface area contributed by atoms with Gasteiger partial charge in [0.1, 0.15) is 0 Å². The summed E-state index contributed by atoms with van der Waals surface area (Å²) in [4.78, 5) is 25.3. The Morgan fingerprint density at radius 1 is 1.32 bits per heavy atom. The van der Waals surface area contributed by atoms with E-state index in [-0.39, 0.29) is 6.42 Å². The third kappa shape index (κ3) is 4.94. The molecule has 1 aromatic heterocycles. The molecule has 0 fully saturated rings. The number of halogens is 3. The van der Waals surface area contributed by atoms with Crippen LogP contribution in [0.2, 0.25) is 0 Å². The molecule has 0 saturated carbocycles. The molecule has 0 aliphatic rings. The van der Waals surface area contributed by atoms with Gasteiger partial charge in [-0.25, -0.2) is 0 Å². The summed E-state index contributed by atoms with van der Waals surface area (Å²) in [6, 6.07) is 3.11. The summed E-state index contributed by atoms with van der Waals surface area (Å²) >= 11 is 0. The number of pyridine rings is 1. The van der Waals surface area contributed by atoms with Crippen molar-refractivity contribution >= 4 is 11.9 Å². The van der Waals surface area contributed by atoms with Crippen LogP contribution in [0, 0.1) is 5.92 Å². The predicted octanol–water partition coefficient (Wildman–Crippen LogP) is 1.00. The molecule has 19 heavy (non-hydrogen) atoms. The minimum atomic E-state index is -5.01. The van der Waals surface area contributed by atoms with Gasteiger partial charge in [0.25, 0.3) is 0 Å². The van der Waals surface area contributed by atoms with Crippen molar-refractivity contribution in [3.05, 3.63) is 30.1 Å². The van der Waals surface area contributed by atoms with Crippen LogP contribution in [0.5, 0.6) is 0 Å². The number of nitrogens with zero attached hydrogens (tertiary/aromatic N) is 1. The second-order valence-electron chi connectivity index (χ2n) is 3.80. The SMILES string of the molecule is O=C(O)C(CNC(=O)C(F)(F)F)Cc1ccncc1. The van der Waals surface area contributed by atoms with Crippen LogP contribution in [-0.2, 0) is 16.0 Å². The van der Waals surface area contributed by atoms with Gasteiger partial charge in [0.05, 0.1) is 5.92 Å². The molecule has 1 atom stereocenters. The summed E-state index contributed by atoms with van der Waals surface area (Å²) in [7, 11) is 0. The summed E-state index contributed by atoms with van der Waals surface area (Å²) in [6.45, 7) is -0.587. The molecule has 0 aliphatic carbocycles. The first-order valence-electron chi connectivity index (χ1n) is 5.27. The Morgan fingerprint density at radius 2 is 1.89 bits per heavy atom. The molecule has 8 heteroatoms. The summed E-state index contributed by atoms with van der Waals surface area (Å²) in [5, 5.41) is 10.5. The Balaban J connectivity index is 2.60. The predicted molar refractivity (Wildman–Crippen MR) is 58.1 cm³/mol. The number of aliphatic carboxylic acids is 1. The average Bonchev–Trinajstić information content (AvgIpc) is 2.33. The zero-order valence-corrected chi connectivity index (χ0v) is 9.65. The van der Waals surface area contributed by atoms with Crippen LogP contribution < -0.4 is 5.32 Å². The van der Waals surface area contributed by atoms with Gasteiger partial charge in [-0.05, 0) is 24.1 Å². The Hall–Kier alpha value is -2.12. The summed E-state index contributed by atoms with van der Waals surface area (Å²) in [6.07, 6.45) is -2.11. The molecular weight excluding hydrogens is 265 g/mol. The number of aromatic nitrogens is 1. The number of carbonyl (C=O) groups excluding carboxylic acids is 1. The molecule has 5 nitrogen and oxygen atoms in total. The smallest absolute Gasteiger partial charge is 0.471 e. The van der Waals surface area contributed by atoms with Crippen LogP contribution in [-0.4, -0.2) is 34.7 Å². The first kappa shape index (κ1) is 14.9. The van der Waals surface area contributed by atoms with Crippen molar-refractivity contribution in [3.63, 3.8) is 0 Å². The van der Waals surface area contributed by atoms with Crippen LogP contribution in [0.25, 0.3) is 0 Å². The molecule has 2 N–H and O–H groups in total. The maximum Gasteiger partial charge on any atom is 0.471 e. The van der Waals surface area contributed by atoms with Gasteiger partial charge in [0.2, 0.25) is 0 Å². The van der Waals surface area contributed by atoms with Crippen LogP contribution in [0.3, 0.4) is 0 Å². The summed E-state index contributed by atoms with van der Waals surface area (Å²) in [5.74, 6) is -4.55. The summed E-state index contributed by atoms with van der Waals surface area (Å²) in [5.41, 5.74) is 0.614. The zero-order valence-electron chi connectivity index (χ0n) is 9.65. The molecule has 0 spiro atoms. The molecule has 0 aromatic carbocycles. The first-order chi connectivity index (χ1) is 8.80. The van der Waals surface area contributed by atoms with E-state index in [4.69, 9.17) is 5.11 Å². The van der Waals surface area contributed by atoms with E-state index in [0.29, 0.717) is 5.56 Å². The number of rotatable bonds is 5. The van der Waals surface area contributed by atoms with Crippen molar-refractivity contribution in [2.24, 2.45) is 5.92 Å². The number of hydrogen-bond donors (Lipinski definition) is 2. The second kappa shape index (κ2) is 6.17. The fourth-order valence-electron chi connectivity index (χ4n) is 1.37. The molecule has 0 aliphatic heterocycles. The third-order valence-electron chi connectivity index (χ3n) is 2.35. The van der Waals surface area contributed by atoms with Crippen molar-refractivity contribution < 1.29 is 27.9 Å². The average molecular weight is 276 g/mol. The van der Waals surface area contributed by atoms with Gasteiger partial charge in [-0.15, -0.1) is 0 Å². The van der Waals surface area contributed by atoms with E-state index in [1.54, 1.807) is 17.4 Å². The molecule has 104 valence electrons. The lowest BCUT2D eigenvalue weighted by atomic mass is 10.0. The molecule has 1 amide bonds. The Bertz CT molecular complexity index is 448. The van der Waals surface area contributed by atoms with E-state index in [9.17, 15) is 22.8 Å². The molecule has 1 unspecified atom stereocenters. The minimum absolute atomic E-state index is 0.00991. The lowest BCUT2D eigenvalue weighted by Gasteiger charge is -2.14. The highest BCUT2D eigenvalue weighted by Gasteiger charge is 2.39. The van der Waals surface area contributed by atoms with Gasteiger partial charge in [-0.1, -0.05) is 0 Å². The fraction of sp³-hybridized carbons (Fsp3) is 0.364. The maximum absolute atomic E-state index is 12.0. The zero-order chi connectivity index (χ0) is 14.5. The van der Waals surface area contributed by atoms with Crippen molar-refractivity contribution in [1.82, 2.24) is 10.3 Å². The monoisotopic (exact) mass is 276 g/mol. The summed E-state index contributed by atoms with van der Waals surface area (Å²) < 4.78 is 35.9. The van der Waals surface area contributed by atoms with Crippen molar-refractivity contribution in [1.29, 1.82) is 0 Å². The van der Waals surface area contributed by atoms with Crippen LogP contribution in [0.15, 0.2) is 24.5 Å². The molecule has 0 bridgehead atoms. The molecule has 1 rings (SSSR count). The molecule has 0 saturated heterocycles. The molecule has 0 radical (unpaired) electrons. The van der Waals surface area contributed by atoms with Gasteiger partial charge in [0.15, 0.2) is 0 Å². The van der Waals surface area contributed by atoms with Gasteiger partial charge in [-0.3, -0.25) is 14.6 Å². The van der Waals surface area contributed by atoms with E-state index in [1.165, 1.54) is 12.4 Å².